The summed E-state index contributed by atoms with van der Waals surface area (Å²) in [5.41, 5.74) is -0.512. The Morgan fingerprint density at radius 3 is 2.63 bits per heavy atom. The maximum Gasteiger partial charge on any atom is 0.278 e. The Hall–Kier alpha value is -2.62. The van der Waals surface area contributed by atoms with Gasteiger partial charge in [0.1, 0.15) is 5.75 Å². The predicted molar refractivity (Wildman–Crippen MR) is 64.2 cm³/mol. The second kappa shape index (κ2) is 4.57. The van der Waals surface area contributed by atoms with E-state index in [4.69, 9.17) is 0 Å². The van der Waals surface area contributed by atoms with E-state index < -0.39 is 20.7 Å². The number of phenols is 1. The Bertz CT molecular complexity index is 710. The molecule has 19 heavy (non-hydrogen) atoms. The lowest BCUT2D eigenvalue weighted by molar-refractivity contribution is -0.384. The number of non-ortho nitro benzene ring substituents is 1. The van der Waals surface area contributed by atoms with Gasteiger partial charge in [-0.1, -0.05) is 0 Å². The number of nitrogens with zero attached hydrogens (tertiary/aromatic N) is 2. The highest BCUT2D eigenvalue weighted by atomic mass is 32.2. The summed E-state index contributed by atoms with van der Waals surface area (Å²) in [6.45, 7) is 0. The number of hydrogen-bond donors (Lipinski definition) is 3. The van der Waals surface area contributed by atoms with Crippen LogP contribution in [0.1, 0.15) is 0 Å². The largest absolute Gasteiger partial charge is 0.505 e. The fourth-order valence-corrected chi connectivity index (χ4v) is 2.30. The number of nitrogens with one attached hydrogen (secondary N) is 2. The molecule has 1 heterocycles. The summed E-state index contributed by atoms with van der Waals surface area (Å²) in [5.74, 6) is -0.544. The van der Waals surface area contributed by atoms with Gasteiger partial charge in [-0.15, -0.1) is 0 Å². The van der Waals surface area contributed by atoms with Gasteiger partial charge in [0.2, 0.25) is 0 Å². The number of aromatic amines is 1. The first-order valence-electron chi connectivity index (χ1n) is 4.90. The van der Waals surface area contributed by atoms with E-state index in [2.05, 4.69) is 14.9 Å². The van der Waals surface area contributed by atoms with Crippen LogP contribution < -0.4 is 4.72 Å². The van der Waals surface area contributed by atoms with Crippen LogP contribution in [0.2, 0.25) is 0 Å². The van der Waals surface area contributed by atoms with Crippen LogP contribution in [-0.4, -0.2) is 28.6 Å². The smallest absolute Gasteiger partial charge is 0.278 e. The van der Waals surface area contributed by atoms with E-state index in [9.17, 15) is 23.6 Å². The van der Waals surface area contributed by atoms with E-state index in [0.717, 1.165) is 18.2 Å². The zero-order chi connectivity index (χ0) is 14.0. The van der Waals surface area contributed by atoms with E-state index in [0.29, 0.717) is 0 Å². The summed E-state index contributed by atoms with van der Waals surface area (Å²) in [5, 5.41) is 25.6. The summed E-state index contributed by atoms with van der Waals surface area (Å²) in [7, 11) is -3.92. The standard InChI is InChI=1S/C9H8N4O5S/c14-8-5-6(13(15)16)1-2-7(8)12-19(17,18)9-3-4-10-11-9/h1-5,12,14H,(H,10,11). The van der Waals surface area contributed by atoms with Gasteiger partial charge < -0.3 is 5.11 Å². The highest BCUT2D eigenvalue weighted by Crippen LogP contribution is 2.29. The van der Waals surface area contributed by atoms with Crippen molar-refractivity contribution in [1.82, 2.24) is 10.2 Å². The number of sulfonamides is 1. The van der Waals surface area contributed by atoms with Crippen LogP contribution in [0.4, 0.5) is 11.4 Å². The van der Waals surface area contributed by atoms with Gasteiger partial charge in [-0.2, -0.15) is 13.5 Å². The molecule has 100 valence electrons. The normalized spacial score (nSPS) is 11.2. The lowest BCUT2D eigenvalue weighted by Gasteiger charge is -2.07. The number of nitro benzene ring substituents is 1. The number of H-pyrrole nitrogens is 1. The maximum atomic E-state index is 11.8. The zero-order valence-corrected chi connectivity index (χ0v) is 10.1. The molecular formula is C9H8N4O5S. The summed E-state index contributed by atoms with van der Waals surface area (Å²) >= 11 is 0. The molecule has 2 aromatic rings. The van der Waals surface area contributed by atoms with Crippen LogP contribution in [0.15, 0.2) is 35.5 Å². The van der Waals surface area contributed by atoms with Gasteiger partial charge >= 0.3 is 0 Å². The molecule has 0 aliphatic rings. The lowest BCUT2D eigenvalue weighted by atomic mass is 10.3. The molecule has 0 fully saturated rings. The maximum absolute atomic E-state index is 11.8. The first-order valence-corrected chi connectivity index (χ1v) is 6.38. The molecule has 0 radical (unpaired) electrons. The fraction of sp³-hybridized carbons (Fsp3) is 0. The number of phenolic OH excluding ortho intramolecular Hbond substituents is 1. The van der Waals surface area contributed by atoms with Crippen molar-refractivity contribution in [3.8, 4) is 5.75 Å². The quantitative estimate of drug-likeness (QED) is 0.431. The number of benzene rings is 1. The van der Waals surface area contributed by atoms with Gasteiger partial charge in [-0.25, -0.2) is 0 Å². The second-order valence-corrected chi connectivity index (χ2v) is 5.14. The minimum absolute atomic E-state index is 0.166. The summed E-state index contributed by atoms with van der Waals surface area (Å²) < 4.78 is 25.7. The van der Waals surface area contributed by atoms with Crippen molar-refractivity contribution in [1.29, 1.82) is 0 Å². The zero-order valence-electron chi connectivity index (χ0n) is 9.27. The van der Waals surface area contributed by atoms with Crippen LogP contribution in [-0.2, 0) is 10.0 Å². The third kappa shape index (κ3) is 2.63. The lowest BCUT2D eigenvalue weighted by Crippen LogP contribution is -2.13. The molecule has 0 aliphatic carbocycles. The first-order chi connectivity index (χ1) is 8.90. The molecular weight excluding hydrogens is 276 g/mol. The van der Waals surface area contributed by atoms with Crippen molar-refractivity contribution in [2.45, 2.75) is 5.03 Å². The molecule has 0 unspecified atom stereocenters. The van der Waals surface area contributed by atoms with Gasteiger partial charge in [-0.05, 0) is 12.1 Å². The molecule has 2 rings (SSSR count). The van der Waals surface area contributed by atoms with Gasteiger partial charge in [0.15, 0.2) is 5.03 Å². The summed E-state index contributed by atoms with van der Waals surface area (Å²) in [4.78, 5) is 9.78. The molecule has 0 bridgehead atoms. The molecule has 1 aromatic heterocycles. The average Bonchev–Trinajstić information content (AvgIpc) is 2.85. The number of anilines is 1. The molecule has 0 atom stereocenters. The summed E-state index contributed by atoms with van der Waals surface area (Å²) in [6.07, 6.45) is 1.25. The van der Waals surface area contributed by atoms with Gasteiger partial charge in [0.25, 0.3) is 15.7 Å². The first kappa shape index (κ1) is 12.8. The number of aromatic nitrogens is 2. The van der Waals surface area contributed by atoms with Crippen molar-refractivity contribution >= 4 is 21.4 Å². The van der Waals surface area contributed by atoms with E-state index in [-0.39, 0.29) is 16.4 Å². The molecule has 0 saturated carbocycles. The number of rotatable bonds is 4. The number of aromatic hydroxyl groups is 1. The fourth-order valence-electron chi connectivity index (χ4n) is 1.31. The van der Waals surface area contributed by atoms with Gasteiger partial charge in [-0.3, -0.25) is 19.9 Å². The van der Waals surface area contributed by atoms with Crippen molar-refractivity contribution in [3.05, 3.63) is 40.6 Å². The highest BCUT2D eigenvalue weighted by molar-refractivity contribution is 7.92. The minimum Gasteiger partial charge on any atom is -0.505 e. The Labute approximate surface area is 107 Å². The molecule has 9 nitrogen and oxygen atoms in total. The van der Waals surface area contributed by atoms with Crippen molar-refractivity contribution in [2.24, 2.45) is 0 Å². The van der Waals surface area contributed by atoms with Gasteiger partial charge in [0.05, 0.1) is 22.9 Å². The van der Waals surface area contributed by atoms with Crippen LogP contribution in [0.5, 0.6) is 5.75 Å². The molecule has 0 amide bonds. The highest BCUT2D eigenvalue weighted by Gasteiger charge is 2.18. The molecule has 0 aliphatic heterocycles. The third-order valence-corrected chi connectivity index (χ3v) is 3.50. The predicted octanol–water partition coefficient (Wildman–Crippen LogP) is 0.824. The molecule has 0 saturated heterocycles. The Morgan fingerprint density at radius 2 is 2.11 bits per heavy atom. The van der Waals surface area contributed by atoms with E-state index in [1.807, 2.05) is 0 Å². The van der Waals surface area contributed by atoms with Crippen LogP contribution in [0.25, 0.3) is 0 Å². The van der Waals surface area contributed by atoms with Crippen LogP contribution >= 0.6 is 0 Å². The van der Waals surface area contributed by atoms with Crippen molar-refractivity contribution in [3.63, 3.8) is 0 Å². The van der Waals surface area contributed by atoms with Crippen molar-refractivity contribution < 1.29 is 18.4 Å². The molecule has 0 spiro atoms. The van der Waals surface area contributed by atoms with Gasteiger partial charge in [0, 0.05) is 6.07 Å². The molecule has 3 N–H and O–H groups in total. The van der Waals surface area contributed by atoms with Crippen LogP contribution in [0.3, 0.4) is 0 Å². The minimum atomic E-state index is -3.92. The Kier molecular flexibility index (Phi) is 3.09. The molecule has 1 aromatic carbocycles. The SMILES string of the molecule is O=[N+]([O-])c1ccc(NS(=O)(=O)c2ccn[nH]2)c(O)c1. The summed E-state index contributed by atoms with van der Waals surface area (Å²) in [6, 6.07) is 4.25. The molecule has 10 heteroatoms. The van der Waals surface area contributed by atoms with E-state index in [1.54, 1.807) is 0 Å². The second-order valence-electron chi connectivity index (χ2n) is 3.48. The monoisotopic (exact) mass is 284 g/mol. The van der Waals surface area contributed by atoms with E-state index in [1.165, 1.54) is 12.3 Å². The van der Waals surface area contributed by atoms with Crippen molar-refractivity contribution in [2.75, 3.05) is 4.72 Å². The number of hydrogen-bond acceptors (Lipinski definition) is 6. The number of nitro groups is 1. The Morgan fingerprint density at radius 1 is 1.37 bits per heavy atom. The van der Waals surface area contributed by atoms with Crippen LogP contribution in [0, 0.1) is 10.1 Å². The third-order valence-electron chi connectivity index (χ3n) is 2.20. The average molecular weight is 284 g/mol. The van der Waals surface area contributed by atoms with E-state index >= 15 is 0 Å². The Balaban J connectivity index is 2.32. The topological polar surface area (TPSA) is 138 Å².